The summed E-state index contributed by atoms with van der Waals surface area (Å²) >= 11 is 6.20. The standard InChI is InChI=1S/C20H19ClN2O7/c1-27-19(25)11-3-4-14(20(26)28-2)16(8-11)23-17(24)12-7-15(21)18(22-9-12)30-13-5-6-29-10-13/h3-4,7-9,13H,5-6,10H2,1-2H3,(H,23,24). The highest BCUT2D eigenvalue weighted by atomic mass is 35.5. The number of nitrogens with zero attached hydrogens (tertiary/aromatic N) is 1. The van der Waals surface area contributed by atoms with E-state index in [0.29, 0.717) is 13.2 Å². The van der Waals surface area contributed by atoms with Crippen LogP contribution in [-0.4, -0.2) is 56.4 Å². The number of nitrogens with one attached hydrogen (secondary N) is 1. The first-order valence-electron chi connectivity index (χ1n) is 8.95. The fourth-order valence-corrected chi connectivity index (χ4v) is 2.99. The lowest BCUT2D eigenvalue weighted by molar-refractivity contribution is 0.0587. The van der Waals surface area contributed by atoms with Crippen molar-refractivity contribution in [3.63, 3.8) is 0 Å². The molecule has 1 saturated heterocycles. The van der Waals surface area contributed by atoms with Gasteiger partial charge in [-0.3, -0.25) is 4.79 Å². The van der Waals surface area contributed by atoms with Crippen LogP contribution in [0.2, 0.25) is 5.02 Å². The largest absolute Gasteiger partial charge is 0.471 e. The van der Waals surface area contributed by atoms with E-state index in [2.05, 4.69) is 15.0 Å². The summed E-state index contributed by atoms with van der Waals surface area (Å²) in [6.07, 6.45) is 1.89. The molecule has 10 heteroatoms. The first-order valence-corrected chi connectivity index (χ1v) is 9.32. The molecule has 1 aliphatic rings. The van der Waals surface area contributed by atoms with Gasteiger partial charge >= 0.3 is 11.9 Å². The second-order valence-electron chi connectivity index (χ2n) is 6.31. The van der Waals surface area contributed by atoms with Crippen LogP contribution in [0, 0.1) is 0 Å². The number of esters is 2. The Balaban J connectivity index is 1.82. The van der Waals surface area contributed by atoms with Gasteiger partial charge in [-0.15, -0.1) is 0 Å². The number of halogens is 1. The van der Waals surface area contributed by atoms with Crippen molar-refractivity contribution in [2.45, 2.75) is 12.5 Å². The van der Waals surface area contributed by atoms with Crippen LogP contribution in [0.3, 0.4) is 0 Å². The monoisotopic (exact) mass is 434 g/mol. The first kappa shape index (κ1) is 21.5. The van der Waals surface area contributed by atoms with Gasteiger partial charge < -0.3 is 24.3 Å². The molecule has 30 heavy (non-hydrogen) atoms. The maximum Gasteiger partial charge on any atom is 0.339 e. The number of amides is 1. The third kappa shape index (κ3) is 4.87. The Hall–Kier alpha value is -3.17. The van der Waals surface area contributed by atoms with Crippen molar-refractivity contribution in [2.75, 3.05) is 32.8 Å². The van der Waals surface area contributed by atoms with Crippen LogP contribution in [-0.2, 0) is 14.2 Å². The summed E-state index contributed by atoms with van der Waals surface area (Å²) in [5.41, 5.74) is 0.432. The Kier molecular flexibility index (Phi) is 6.86. The van der Waals surface area contributed by atoms with Crippen molar-refractivity contribution in [2.24, 2.45) is 0 Å². The lowest BCUT2D eigenvalue weighted by Gasteiger charge is -2.14. The molecule has 3 rings (SSSR count). The second kappa shape index (κ2) is 9.55. The van der Waals surface area contributed by atoms with Crippen molar-refractivity contribution in [3.05, 3.63) is 52.2 Å². The number of anilines is 1. The lowest BCUT2D eigenvalue weighted by atomic mass is 10.1. The van der Waals surface area contributed by atoms with E-state index in [9.17, 15) is 14.4 Å². The topological polar surface area (TPSA) is 113 Å². The summed E-state index contributed by atoms with van der Waals surface area (Å²) in [6, 6.07) is 5.48. The molecule has 0 bridgehead atoms. The van der Waals surface area contributed by atoms with Crippen LogP contribution in [0.5, 0.6) is 5.88 Å². The first-order chi connectivity index (χ1) is 14.4. The average molecular weight is 435 g/mol. The number of aromatic nitrogens is 1. The molecular weight excluding hydrogens is 416 g/mol. The predicted molar refractivity (Wildman–Crippen MR) is 106 cm³/mol. The Morgan fingerprint density at radius 3 is 2.53 bits per heavy atom. The zero-order valence-electron chi connectivity index (χ0n) is 16.3. The van der Waals surface area contributed by atoms with Crippen molar-refractivity contribution >= 4 is 35.1 Å². The van der Waals surface area contributed by atoms with Crippen LogP contribution in [0.1, 0.15) is 37.5 Å². The summed E-state index contributed by atoms with van der Waals surface area (Å²) in [4.78, 5) is 40.6. The van der Waals surface area contributed by atoms with Crippen LogP contribution < -0.4 is 10.1 Å². The van der Waals surface area contributed by atoms with Crippen LogP contribution in [0.4, 0.5) is 5.69 Å². The number of methoxy groups -OCH3 is 2. The summed E-state index contributed by atoms with van der Waals surface area (Å²) in [5.74, 6) is -1.69. The molecule has 1 amide bonds. The predicted octanol–water partition coefficient (Wildman–Crippen LogP) is 2.73. The van der Waals surface area contributed by atoms with Gasteiger partial charge in [0, 0.05) is 12.6 Å². The highest BCUT2D eigenvalue weighted by molar-refractivity contribution is 6.32. The molecule has 0 aliphatic carbocycles. The van der Waals surface area contributed by atoms with Crippen molar-refractivity contribution in [3.8, 4) is 5.88 Å². The average Bonchev–Trinajstić information content (AvgIpc) is 3.27. The highest BCUT2D eigenvalue weighted by Crippen LogP contribution is 2.26. The molecule has 2 heterocycles. The van der Waals surface area contributed by atoms with E-state index in [0.717, 1.165) is 6.42 Å². The number of benzene rings is 1. The van der Waals surface area contributed by atoms with Gasteiger partial charge in [0.2, 0.25) is 5.88 Å². The molecule has 1 fully saturated rings. The highest BCUT2D eigenvalue weighted by Gasteiger charge is 2.21. The molecule has 1 aromatic carbocycles. The zero-order valence-corrected chi connectivity index (χ0v) is 17.0. The van der Waals surface area contributed by atoms with Gasteiger partial charge in [-0.05, 0) is 24.3 Å². The quantitative estimate of drug-likeness (QED) is 0.690. The number of rotatable bonds is 6. The Morgan fingerprint density at radius 2 is 1.90 bits per heavy atom. The minimum atomic E-state index is -0.680. The second-order valence-corrected chi connectivity index (χ2v) is 6.72. The lowest BCUT2D eigenvalue weighted by Crippen LogP contribution is -2.18. The van der Waals surface area contributed by atoms with E-state index in [-0.39, 0.29) is 39.4 Å². The van der Waals surface area contributed by atoms with E-state index in [1.165, 1.54) is 44.7 Å². The number of pyridine rings is 1. The molecule has 9 nitrogen and oxygen atoms in total. The molecule has 2 aromatic rings. The summed E-state index contributed by atoms with van der Waals surface area (Å²) in [7, 11) is 2.43. The third-order valence-corrected chi connectivity index (χ3v) is 4.60. The van der Waals surface area contributed by atoms with Gasteiger partial charge in [0.25, 0.3) is 5.91 Å². The number of carbonyl (C=O) groups is 3. The zero-order chi connectivity index (χ0) is 21.7. The molecule has 1 unspecified atom stereocenters. The minimum absolute atomic E-state index is 0.0683. The van der Waals surface area contributed by atoms with Gasteiger partial charge in [-0.1, -0.05) is 11.6 Å². The minimum Gasteiger partial charge on any atom is -0.471 e. The smallest absolute Gasteiger partial charge is 0.339 e. The van der Waals surface area contributed by atoms with Crippen molar-refractivity contribution in [1.82, 2.24) is 4.98 Å². The number of hydrogen-bond acceptors (Lipinski definition) is 8. The van der Waals surface area contributed by atoms with Gasteiger partial charge in [0.05, 0.1) is 49.8 Å². The molecule has 0 saturated carbocycles. The Morgan fingerprint density at radius 1 is 1.13 bits per heavy atom. The molecule has 1 aromatic heterocycles. The van der Waals surface area contributed by atoms with Crippen molar-refractivity contribution in [1.29, 1.82) is 0 Å². The fourth-order valence-electron chi connectivity index (χ4n) is 2.77. The normalized spacial score (nSPS) is 15.4. The van der Waals surface area contributed by atoms with Crippen LogP contribution in [0.15, 0.2) is 30.5 Å². The van der Waals surface area contributed by atoms with E-state index < -0.39 is 17.8 Å². The number of ether oxygens (including phenoxy) is 4. The van der Waals surface area contributed by atoms with E-state index in [1.54, 1.807) is 0 Å². The SMILES string of the molecule is COC(=O)c1ccc(C(=O)OC)c(NC(=O)c2cnc(OC3CCOC3)c(Cl)c2)c1. The molecule has 1 atom stereocenters. The summed E-state index contributed by atoms with van der Waals surface area (Å²) in [5, 5.41) is 2.73. The van der Waals surface area contributed by atoms with Crippen LogP contribution in [0.25, 0.3) is 0 Å². The molecule has 158 valence electrons. The van der Waals surface area contributed by atoms with Crippen molar-refractivity contribution < 1.29 is 33.3 Å². The molecule has 0 radical (unpaired) electrons. The van der Waals surface area contributed by atoms with E-state index in [4.69, 9.17) is 25.8 Å². The van der Waals surface area contributed by atoms with Gasteiger partial charge in [-0.2, -0.15) is 0 Å². The Bertz CT molecular complexity index is 974. The third-order valence-electron chi connectivity index (χ3n) is 4.33. The van der Waals surface area contributed by atoms with Crippen LogP contribution >= 0.6 is 11.6 Å². The molecule has 1 aliphatic heterocycles. The number of carbonyl (C=O) groups excluding carboxylic acids is 3. The fraction of sp³-hybridized carbons (Fsp3) is 0.300. The number of hydrogen-bond donors (Lipinski definition) is 1. The summed E-state index contributed by atoms with van der Waals surface area (Å²) < 4.78 is 20.3. The van der Waals surface area contributed by atoms with Gasteiger partial charge in [0.1, 0.15) is 11.1 Å². The molecule has 0 spiro atoms. The molecular formula is C20H19ClN2O7. The molecule has 1 N–H and O–H groups in total. The Labute approximate surface area is 177 Å². The van der Waals surface area contributed by atoms with E-state index >= 15 is 0 Å². The summed E-state index contributed by atoms with van der Waals surface area (Å²) in [6.45, 7) is 1.06. The van der Waals surface area contributed by atoms with Gasteiger partial charge in [-0.25, -0.2) is 14.6 Å². The van der Waals surface area contributed by atoms with E-state index in [1.807, 2.05) is 0 Å². The maximum atomic E-state index is 12.7. The van der Waals surface area contributed by atoms with Gasteiger partial charge in [0.15, 0.2) is 0 Å². The maximum absolute atomic E-state index is 12.7.